The molecule has 186 valence electrons. The number of hydrogen-bond acceptors (Lipinski definition) is 5. The molecule has 0 saturated carbocycles. The lowest BCUT2D eigenvalue weighted by molar-refractivity contribution is -0.123. The van der Waals surface area contributed by atoms with Gasteiger partial charge in [0.05, 0.1) is 5.69 Å². The predicted octanol–water partition coefficient (Wildman–Crippen LogP) is 3.48. The van der Waals surface area contributed by atoms with E-state index in [1.54, 1.807) is 32.9 Å². The lowest BCUT2D eigenvalue weighted by Crippen LogP contribution is -2.49. The first-order valence-corrected chi connectivity index (χ1v) is 12.5. The zero-order valence-corrected chi connectivity index (χ0v) is 20.5. The molecular weight excluding hydrogens is 458 g/mol. The average Bonchev–Trinajstić information content (AvgIpc) is 2.72. The summed E-state index contributed by atoms with van der Waals surface area (Å²) >= 11 is 0. The number of alkyl carbamates (subject to hydrolysis) is 1. The number of unbranched alkanes of at least 4 members (excludes halogenated alkanes) is 1. The van der Waals surface area contributed by atoms with Crippen molar-refractivity contribution in [1.29, 1.82) is 0 Å². The summed E-state index contributed by atoms with van der Waals surface area (Å²) in [7, 11) is -4.38. The van der Waals surface area contributed by atoms with Crippen LogP contribution in [0.15, 0.2) is 54.6 Å². The van der Waals surface area contributed by atoms with E-state index in [0.29, 0.717) is 12.1 Å². The summed E-state index contributed by atoms with van der Waals surface area (Å²) in [5.41, 5.74) is 1.38. The minimum atomic E-state index is -4.38. The van der Waals surface area contributed by atoms with Crippen molar-refractivity contribution >= 4 is 28.0 Å². The number of amides is 2. The molecular formula is C24H33N3O6S. The Morgan fingerprint density at radius 1 is 0.971 bits per heavy atom. The van der Waals surface area contributed by atoms with Crippen LogP contribution in [0.2, 0.25) is 0 Å². The third-order valence-electron chi connectivity index (χ3n) is 4.68. The maximum absolute atomic E-state index is 12.8. The molecule has 10 heteroatoms. The third kappa shape index (κ3) is 11.2. The van der Waals surface area contributed by atoms with E-state index in [-0.39, 0.29) is 18.0 Å². The highest BCUT2D eigenvalue weighted by Gasteiger charge is 2.24. The largest absolute Gasteiger partial charge is 0.444 e. The lowest BCUT2D eigenvalue weighted by atomic mass is 10.0. The van der Waals surface area contributed by atoms with E-state index in [9.17, 15) is 18.0 Å². The highest BCUT2D eigenvalue weighted by Crippen LogP contribution is 2.13. The molecule has 0 spiro atoms. The molecule has 2 aromatic rings. The Morgan fingerprint density at radius 3 is 2.21 bits per heavy atom. The number of anilines is 1. The van der Waals surface area contributed by atoms with Gasteiger partial charge in [-0.3, -0.25) is 14.1 Å². The van der Waals surface area contributed by atoms with E-state index in [4.69, 9.17) is 9.29 Å². The fourth-order valence-corrected chi connectivity index (χ4v) is 3.62. The molecule has 2 aromatic carbocycles. The first-order valence-electron chi connectivity index (χ1n) is 11.1. The second-order valence-corrected chi connectivity index (χ2v) is 10.1. The summed E-state index contributed by atoms with van der Waals surface area (Å²) in [6.07, 6.45) is 2.08. The highest BCUT2D eigenvalue weighted by molar-refractivity contribution is 7.87. The van der Waals surface area contributed by atoms with E-state index in [1.807, 2.05) is 22.9 Å². The molecule has 0 unspecified atom stereocenters. The van der Waals surface area contributed by atoms with Crippen LogP contribution >= 0.6 is 0 Å². The molecule has 34 heavy (non-hydrogen) atoms. The minimum Gasteiger partial charge on any atom is -0.444 e. The van der Waals surface area contributed by atoms with Crippen LogP contribution in [-0.4, -0.2) is 43.2 Å². The molecule has 0 aromatic heterocycles. The Bertz CT molecular complexity index is 1030. The molecule has 9 nitrogen and oxygen atoms in total. The van der Waals surface area contributed by atoms with Gasteiger partial charge in [-0.2, -0.15) is 8.42 Å². The lowest BCUT2D eigenvalue weighted by Gasteiger charge is -2.23. The smallest absolute Gasteiger partial charge is 0.408 e. The molecule has 0 heterocycles. The number of benzene rings is 2. The number of carbonyl (C=O) groups is 2. The molecule has 0 aliphatic carbocycles. The Morgan fingerprint density at radius 2 is 1.62 bits per heavy atom. The Balaban J connectivity index is 1.95. The molecule has 0 saturated heterocycles. The van der Waals surface area contributed by atoms with Crippen LogP contribution in [0.3, 0.4) is 0 Å². The van der Waals surface area contributed by atoms with Crippen molar-refractivity contribution in [2.24, 2.45) is 0 Å². The van der Waals surface area contributed by atoms with Crippen LogP contribution in [0.4, 0.5) is 10.5 Å². The van der Waals surface area contributed by atoms with Crippen molar-refractivity contribution in [3.8, 4) is 0 Å². The number of carbonyl (C=O) groups excluding carboxylic acids is 2. The van der Waals surface area contributed by atoms with Gasteiger partial charge in [-0.05, 0) is 63.3 Å². The molecule has 0 aliphatic rings. The quantitative estimate of drug-likeness (QED) is 0.281. The van der Waals surface area contributed by atoms with Crippen LogP contribution < -0.4 is 15.4 Å². The SMILES string of the molecule is CC(C)(C)OC(=O)N[C@@H](Cc1ccc(NS(=O)(=O)O)cc1)C(=O)NCCCCc1ccccc1. The maximum Gasteiger partial charge on any atom is 0.408 e. The fraction of sp³-hybridized carbons (Fsp3) is 0.417. The van der Waals surface area contributed by atoms with Crippen LogP contribution in [0.1, 0.15) is 44.7 Å². The zero-order valence-electron chi connectivity index (χ0n) is 19.7. The molecule has 1 atom stereocenters. The number of aryl methyl sites for hydroxylation is 1. The molecule has 0 fully saturated rings. The second-order valence-electron chi connectivity index (χ2n) is 8.91. The summed E-state index contributed by atoms with van der Waals surface area (Å²) < 4.78 is 38.0. The monoisotopic (exact) mass is 491 g/mol. The van der Waals surface area contributed by atoms with Gasteiger partial charge in [0.2, 0.25) is 5.91 Å². The highest BCUT2D eigenvalue weighted by atomic mass is 32.2. The van der Waals surface area contributed by atoms with Crippen molar-refractivity contribution in [3.63, 3.8) is 0 Å². The molecule has 4 N–H and O–H groups in total. The van der Waals surface area contributed by atoms with Crippen molar-refractivity contribution < 1.29 is 27.3 Å². The minimum absolute atomic E-state index is 0.168. The molecule has 0 radical (unpaired) electrons. The van der Waals surface area contributed by atoms with E-state index < -0.39 is 28.0 Å². The van der Waals surface area contributed by atoms with Gasteiger partial charge in [0.15, 0.2) is 0 Å². The summed E-state index contributed by atoms with van der Waals surface area (Å²) in [5.74, 6) is -0.342. The van der Waals surface area contributed by atoms with Gasteiger partial charge in [0.1, 0.15) is 11.6 Å². The van der Waals surface area contributed by atoms with Crippen molar-refractivity contribution in [1.82, 2.24) is 10.6 Å². The van der Waals surface area contributed by atoms with Gasteiger partial charge in [-0.15, -0.1) is 0 Å². The van der Waals surface area contributed by atoms with Crippen molar-refractivity contribution in [3.05, 3.63) is 65.7 Å². The van der Waals surface area contributed by atoms with E-state index in [2.05, 4.69) is 22.8 Å². The second kappa shape index (κ2) is 12.4. The number of nitrogens with one attached hydrogen (secondary N) is 3. The summed E-state index contributed by atoms with van der Waals surface area (Å²) in [4.78, 5) is 25.1. The zero-order chi connectivity index (χ0) is 25.2. The van der Waals surface area contributed by atoms with Gasteiger partial charge in [-0.25, -0.2) is 4.79 Å². The van der Waals surface area contributed by atoms with Crippen molar-refractivity contribution in [2.75, 3.05) is 11.3 Å². The number of hydrogen-bond donors (Lipinski definition) is 4. The number of rotatable bonds is 11. The summed E-state index contributed by atoms with van der Waals surface area (Å²) in [6, 6.07) is 15.3. The summed E-state index contributed by atoms with van der Waals surface area (Å²) in [5, 5.41) is 5.48. The molecule has 0 aliphatic heterocycles. The predicted molar refractivity (Wildman–Crippen MR) is 131 cm³/mol. The van der Waals surface area contributed by atoms with Gasteiger partial charge in [0.25, 0.3) is 0 Å². The first-order chi connectivity index (χ1) is 15.9. The van der Waals surface area contributed by atoms with Crippen LogP contribution in [-0.2, 0) is 32.7 Å². The molecule has 0 bridgehead atoms. The van der Waals surface area contributed by atoms with Gasteiger partial charge in [-0.1, -0.05) is 42.5 Å². The average molecular weight is 492 g/mol. The van der Waals surface area contributed by atoms with E-state index >= 15 is 0 Å². The Hall–Kier alpha value is -3.11. The number of ether oxygens (including phenoxy) is 1. The molecule has 2 rings (SSSR count). The van der Waals surface area contributed by atoms with Crippen LogP contribution in [0, 0.1) is 0 Å². The van der Waals surface area contributed by atoms with E-state index in [0.717, 1.165) is 19.3 Å². The van der Waals surface area contributed by atoms with Crippen LogP contribution in [0.5, 0.6) is 0 Å². The normalized spacial score (nSPS) is 12.5. The Kier molecular flexibility index (Phi) is 9.88. The maximum atomic E-state index is 12.8. The van der Waals surface area contributed by atoms with Crippen molar-refractivity contribution in [2.45, 2.75) is 58.1 Å². The van der Waals surface area contributed by atoms with Gasteiger partial charge in [0, 0.05) is 13.0 Å². The third-order valence-corrected chi connectivity index (χ3v) is 5.18. The fourth-order valence-electron chi connectivity index (χ4n) is 3.19. The van der Waals surface area contributed by atoms with Crippen LogP contribution in [0.25, 0.3) is 0 Å². The topological polar surface area (TPSA) is 134 Å². The van der Waals surface area contributed by atoms with Gasteiger partial charge < -0.3 is 15.4 Å². The summed E-state index contributed by atoms with van der Waals surface area (Å²) in [6.45, 7) is 5.66. The first kappa shape index (κ1) is 27.1. The Labute approximate surface area is 201 Å². The van der Waals surface area contributed by atoms with Gasteiger partial charge >= 0.3 is 16.4 Å². The van der Waals surface area contributed by atoms with E-state index in [1.165, 1.54) is 17.7 Å². The molecule has 2 amide bonds. The standard InChI is InChI=1S/C24H33N3O6S/c1-24(2,3)33-23(29)26-21(17-19-12-14-20(15-13-19)27-34(30,31)32)22(28)25-16-8-7-11-18-9-5-4-6-10-18/h4-6,9-10,12-15,21,27H,7-8,11,16-17H2,1-3H3,(H,25,28)(H,26,29)(H,30,31,32)/t21-/m0/s1.